The van der Waals surface area contributed by atoms with Gasteiger partial charge in [0.25, 0.3) is 5.91 Å². The van der Waals surface area contributed by atoms with Crippen molar-refractivity contribution >= 4 is 5.91 Å². The molecule has 1 amide bonds. The molecule has 2 aliphatic heterocycles. The van der Waals surface area contributed by atoms with Gasteiger partial charge in [0.15, 0.2) is 5.69 Å². The van der Waals surface area contributed by atoms with E-state index in [9.17, 15) is 9.90 Å². The van der Waals surface area contributed by atoms with Gasteiger partial charge in [0, 0.05) is 38.2 Å². The molecule has 0 unspecified atom stereocenters. The number of hydrogen-bond donors (Lipinski definition) is 3. The van der Waals surface area contributed by atoms with Gasteiger partial charge in [-0.2, -0.15) is 5.10 Å². The smallest absolute Gasteiger partial charge is 0.272 e. The zero-order valence-electron chi connectivity index (χ0n) is 17.1. The normalized spacial score (nSPS) is 23.0. The van der Waals surface area contributed by atoms with Gasteiger partial charge in [0.2, 0.25) is 0 Å². The van der Waals surface area contributed by atoms with E-state index < -0.39 is 0 Å². The van der Waals surface area contributed by atoms with Gasteiger partial charge in [-0.15, -0.1) is 0 Å². The molecule has 0 saturated carbocycles. The highest BCUT2D eigenvalue weighted by atomic mass is 16.5. The highest BCUT2D eigenvalue weighted by molar-refractivity contribution is 5.94. The molecule has 1 fully saturated rings. The number of carbonyl (C=O) groups excluding carboxylic acids is 1. The summed E-state index contributed by atoms with van der Waals surface area (Å²) in [7, 11) is 0. The number of rotatable bonds is 5. The van der Waals surface area contributed by atoms with Crippen molar-refractivity contribution in [2.75, 3.05) is 13.1 Å². The molecule has 0 spiro atoms. The van der Waals surface area contributed by atoms with Crippen LogP contribution >= 0.6 is 0 Å². The quantitative estimate of drug-likeness (QED) is 0.719. The first-order valence-corrected chi connectivity index (χ1v) is 10.5. The first kappa shape index (κ1) is 20.1. The fourth-order valence-corrected chi connectivity index (χ4v) is 4.32. The van der Waals surface area contributed by atoms with Crippen LogP contribution in [0, 0.1) is 0 Å². The average molecular weight is 399 g/mol. The molecule has 0 radical (unpaired) electrons. The summed E-state index contributed by atoms with van der Waals surface area (Å²) >= 11 is 0. The topological polar surface area (TPSA) is 90.5 Å². The van der Waals surface area contributed by atoms with Crippen molar-refractivity contribution in [3.05, 3.63) is 52.3 Å². The first-order valence-electron chi connectivity index (χ1n) is 10.5. The fourth-order valence-electron chi connectivity index (χ4n) is 4.32. The van der Waals surface area contributed by atoms with Crippen LogP contribution in [-0.4, -0.2) is 51.4 Å². The third kappa shape index (κ3) is 4.52. The Morgan fingerprint density at radius 3 is 2.76 bits per heavy atom. The van der Waals surface area contributed by atoms with Gasteiger partial charge in [-0.3, -0.25) is 14.8 Å². The summed E-state index contributed by atoms with van der Waals surface area (Å²) in [5.74, 6) is -0.153. The second kappa shape index (κ2) is 8.65. The van der Waals surface area contributed by atoms with E-state index in [0.29, 0.717) is 18.7 Å². The van der Waals surface area contributed by atoms with Gasteiger partial charge < -0.3 is 15.2 Å². The lowest BCUT2D eigenvalue weighted by Gasteiger charge is -2.30. The van der Waals surface area contributed by atoms with E-state index in [2.05, 4.69) is 32.5 Å². The number of nitrogens with one attached hydrogen (secondary N) is 2. The SMILES string of the molecule is C[C@@H]1Cc2c(C(=O)NCc3ccccc3CN3CCC(O)CC3)n[nH]c2[C@H](C)O1. The molecule has 3 heterocycles. The van der Waals surface area contributed by atoms with Gasteiger partial charge in [-0.05, 0) is 37.8 Å². The summed E-state index contributed by atoms with van der Waals surface area (Å²) in [6, 6.07) is 8.21. The summed E-state index contributed by atoms with van der Waals surface area (Å²) in [6.45, 7) is 7.10. The minimum Gasteiger partial charge on any atom is -0.393 e. The van der Waals surface area contributed by atoms with E-state index in [1.165, 1.54) is 5.56 Å². The van der Waals surface area contributed by atoms with Crippen molar-refractivity contribution < 1.29 is 14.6 Å². The number of aliphatic hydroxyl groups excluding tert-OH is 1. The molecule has 1 saturated heterocycles. The number of benzene rings is 1. The number of H-pyrrole nitrogens is 1. The second-order valence-electron chi connectivity index (χ2n) is 8.22. The Hall–Kier alpha value is -2.22. The standard InChI is InChI=1S/C22H30N4O3/c1-14-11-19-20(15(2)29-14)24-25-21(19)22(28)23-12-16-5-3-4-6-17(16)13-26-9-7-18(27)8-10-26/h3-6,14-15,18,27H,7-13H2,1-2H3,(H,23,28)(H,24,25)/t14-,15+/m1/s1. The predicted molar refractivity (Wildman–Crippen MR) is 109 cm³/mol. The van der Waals surface area contributed by atoms with Crippen molar-refractivity contribution in [3.8, 4) is 0 Å². The van der Waals surface area contributed by atoms with Gasteiger partial charge in [0.1, 0.15) is 0 Å². The van der Waals surface area contributed by atoms with E-state index in [1.54, 1.807) is 0 Å². The lowest BCUT2D eigenvalue weighted by Crippen LogP contribution is -2.35. The summed E-state index contributed by atoms with van der Waals surface area (Å²) in [4.78, 5) is 15.2. The molecule has 29 heavy (non-hydrogen) atoms. The largest absolute Gasteiger partial charge is 0.393 e. The van der Waals surface area contributed by atoms with Crippen LogP contribution in [0.15, 0.2) is 24.3 Å². The van der Waals surface area contributed by atoms with Gasteiger partial charge in [0.05, 0.1) is 24.0 Å². The molecule has 3 N–H and O–H groups in total. The number of hydrogen-bond acceptors (Lipinski definition) is 5. The summed E-state index contributed by atoms with van der Waals surface area (Å²) in [5.41, 5.74) is 4.67. The zero-order valence-corrected chi connectivity index (χ0v) is 17.1. The Bertz CT molecular complexity index is 857. The van der Waals surface area contributed by atoms with Gasteiger partial charge in [-0.25, -0.2) is 0 Å². The number of carbonyl (C=O) groups is 1. The molecule has 156 valence electrons. The Kier molecular flexibility index (Phi) is 5.99. The van der Waals surface area contributed by atoms with Crippen LogP contribution < -0.4 is 5.32 Å². The molecule has 4 rings (SSSR count). The Balaban J connectivity index is 1.42. The maximum Gasteiger partial charge on any atom is 0.272 e. The Labute approximate surface area is 171 Å². The lowest BCUT2D eigenvalue weighted by atomic mass is 9.99. The molecular weight excluding hydrogens is 368 g/mol. The van der Waals surface area contributed by atoms with E-state index in [1.807, 2.05) is 26.0 Å². The minimum absolute atomic E-state index is 0.0745. The van der Waals surface area contributed by atoms with E-state index in [-0.39, 0.29) is 24.2 Å². The molecule has 0 aliphatic carbocycles. The summed E-state index contributed by atoms with van der Waals surface area (Å²) < 4.78 is 5.81. The average Bonchev–Trinajstić information content (AvgIpc) is 3.13. The van der Waals surface area contributed by atoms with Crippen LogP contribution in [0.5, 0.6) is 0 Å². The second-order valence-corrected chi connectivity index (χ2v) is 8.22. The number of likely N-dealkylation sites (tertiary alicyclic amines) is 1. The Morgan fingerprint density at radius 2 is 2.00 bits per heavy atom. The van der Waals surface area contributed by atoms with Crippen molar-refractivity contribution in [1.29, 1.82) is 0 Å². The number of aromatic amines is 1. The van der Waals surface area contributed by atoms with Crippen LogP contribution in [0.2, 0.25) is 0 Å². The zero-order chi connectivity index (χ0) is 20.4. The fraction of sp³-hybridized carbons (Fsp3) is 0.545. The highest BCUT2D eigenvalue weighted by Crippen LogP contribution is 2.30. The van der Waals surface area contributed by atoms with Gasteiger partial charge >= 0.3 is 0 Å². The molecule has 7 nitrogen and oxygen atoms in total. The van der Waals surface area contributed by atoms with E-state index in [0.717, 1.165) is 49.3 Å². The Morgan fingerprint density at radius 1 is 1.28 bits per heavy atom. The lowest BCUT2D eigenvalue weighted by molar-refractivity contribution is -0.00697. The van der Waals surface area contributed by atoms with Crippen molar-refractivity contribution in [3.63, 3.8) is 0 Å². The molecule has 2 aromatic rings. The third-order valence-corrected chi connectivity index (χ3v) is 5.96. The first-order chi connectivity index (χ1) is 14.0. The summed E-state index contributed by atoms with van der Waals surface area (Å²) in [5, 5.41) is 20.0. The maximum atomic E-state index is 12.8. The summed E-state index contributed by atoms with van der Waals surface area (Å²) in [6.07, 6.45) is 2.16. The minimum atomic E-state index is -0.170. The molecule has 1 aromatic carbocycles. The monoisotopic (exact) mass is 398 g/mol. The van der Waals surface area contributed by atoms with Crippen LogP contribution in [0.4, 0.5) is 0 Å². The van der Waals surface area contributed by atoms with Gasteiger partial charge in [-0.1, -0.05) is 24.3 Å². The number of amides is 1. The number of aliphatic hydroxyl groups is 1. The molecule has 1 aromatic heterocycles. The van der Waals surface area contributed by atoms with Crippen LogP contribution in [0.3, 0.4) is 0 Å². The van der Waals surface area contributed by atoms with E-state index in [4.69, 9.17) is 4.74 Å². The van der Waals surface area contributed by atoms with Crippen LogP contribution in [0.25, 0.3) is 0 Å². The number of fused-ring (bicyclic) bond motifs is 1. The highest BCUT2D eigenvalue weighted by Gasteiger charge is 2.29. The van der Waals surface area contributed by atoms with Crippen LogP contribution in [-0.2, 0) is 24.2 Å². The molecular formula is C22H30N4O3. The van der Waals surface area contributed by atoms with Crippen LogP contribution in [0.1, 0.15) is 65.7 Å². The number of piperidine rings is 1. The predicted octanol–water partition coefficient (Wildman–Crippen LogP) is 2.32. The molecule has 0 bridgehead atoms. The van der Waals surface area contributed by atoms with Crippen molar-refractivity contribution in [2.45, 2.75) is 64.5 Å². The number of ether oxygens (including phenoxy) is 1. The van der Waals surface area contributed by atoms with Crippen molar-refractivity contribution in [1.82, 2.24) is 20.4 Å². The van der Waals surface area contributed by atoms with Crippen molar-refractivity contribution in [2.24, 2.45) is 0 Å². The number of aromatic nitrogens is 2. The van der Waals surface area contributed by atoms with E-state index >= 15 is 0 Å². The molecule has 2 aliphatic rings. The third-order valence-electron chi connectivity index (χ3n) is 5.96. The number of nitrogens with zero attached hydrogens (tertiary/aromatic N) is 2. The molecule has 7 heteroatoms. The molecule has 2 atom stereocenters. The maximum absolute atomic E-state index is 12.8.